The summed E-state index contributed by atoms with van der Waals surface area (Å²) in [6.45, 7) is 8.29. The maximum absolute atomic E-state index is 5.82. The molecule has 7 nitrogen and oxygen atoms in total. The van der Waals surface area contributed by atoms with Crippen LogP contribution in [0.3, 0.4) is 0 Å². The maximum atomic E-state index is 5.82. The van der Waals surface area contributed by atoms with Gasteiger partial charge in [0.25, 0.3) is 0 Å². The number of benzene rings is 1. The van der Waals surface area contributed by atoms with E-state index in [2.05, 4.69) is 59.7 Å². The molecule has 32 heavy (non-hydrogen) atoms. The van der Waals surface area contributed by atoms with E-state index in [4.69, 9.17) is 14.1 Å². The molecule has 3 rings (SSSR count). The summed E-state index contributed by atoms with van der Waals surface area (Å²) in [6, 6.07) is 12.5. The summed E-state index contributed by atoms with van der Waals surface area (Å²) >= 11 is 0. The van der Waals surface area contributed by atoms with Gasteiger partial charge in [-0.05, 0) is 83.2 Å². The van der Waals surface area contributed by atoms with Crippen LogP contribution >= 0.6 is 0 Å². The fourth-order valence-corrected chi connectivity index (χ4v) is 3.91. The second-order valence-corrected chi connectivity index (χ2v) is 8.50. The van der Waals surface area contributed by atoms with Crippen molar-refractivity contribution in [1.29, 1.82) is 0 Å². The predicted octanol–water partition coefficient (Wildman–Crippen LogP) is 3.50. The minimum Gasteiger partial charge on any atom is -0.494 e. The summed E-state index contributed by atoms with van der Waals surface area (Å²) in [6.07, 6.45) is 5.28. The van der Waals surface area contributed by atoms with Crippen molar-refractivity contribution in [3.8, 4) is 5.75 Å². The Morgan fingerprint density at radius 3 is 2.59 bits per heavy atom. The van der Waals surface area contributed by atoms with Crippen molar-refractivity contribution >= 4 is 5.96 Å². The SMILES string of the molecule is CCNC(=NCc1ccc(OCCCN(C)C)cc1)NCC(c1ccco1)N1CCCC1. The van der Waals surface area contributed by atoms with Gasteiger partial charge in [-0.25, -0.2) is 4.99 Å². The number of furan rings is 1. The van der Waals surface area contributed by atoms with E-state index in [1.54, 1.807) is 6.26 Å². The van der Waals surface area contributed by atoms with Crippen LogP contribution in [0.5, 0.6) is 5.75 Å². The molecule has 1 aliphatic heterocycles. The second kappa shape index (κ2) is 13.1. The van der Waals surface area contributed by atoms with Crippen molar-refractivity contribution in [3.05, 3.63) is 54.0 Å². The number of guanidine groups is 1. The van der Waals surface area contributed by atoms with Crippen molar-refractivity contribution in [2.45, 2.75) is 38.8 Å². The average Bonchev–Trinajstić information content (AvgIpc) is 3.51. The van der Waals surface area contributed by atoms with E-state index in [-0.39, 0.29) is 6.04 Å². The first-order valence-corrected chi connectivity index (χ1v) is 11.8. The highest BCUT2D eigenvalue weighted by atomic mass is 16.5. The van der Waals surface area contributed by atoms with E-state index < -0.39 is 0 Å². The van der Waals surface area contributed by atoms with Crippen LogP contribution in [0.25, 0.3) is 0 Å². The smallest absolute Gasteiger partial charge is 0.191 e. The monoisotopic (exact) mass is 441 g/mol. The number of nitrogens with one attached hydrogen (secondary N) is 2. The highest BCUT2D eigenvalue weighted by Gasteiger charge is 2.25. The van der Waals surface area contributed by atoms with Crippen molar-refractivity contribution in [2.24, 2.45) is 4.99 Å². The van der Waals surface area contributed by atoms with Gasteiger partial charge >= 0.3 is 0 Å². The van der Waals surface area contributed by atoms with E-state index in [1.807, 2.05) is 18.2 Å². The summed E-state index contributed by atoms with van der Waals surface area (Å²) in [4.78, 5) is 9.45. The Bertz CT molecular complexity index is 783. The zero-order valence-electron chi connectivity index (χ0n) is 19.8. The van der Waals surface area contributed by atoms with Crippen LogP contribution < -0.4 is 15.4 Å². The van der Waals surface area contributed by atoms with Crippen LogP contribution in [0.4, 0.5) is 0 Å². The van der Waals surface area contributed by atoms with E-state index in [1.165, 1.54) is 12.8 Å². The minimum absolute atomic E-state index is 0.222. The lowest BCUT2D eigenvalue weighted by Gasteiger charge is -2.26. The van der Waals surface area contributed by atoms with Gasteiger partial charge in [0, 0.05) is 19.6 Å². The third-order valence-electron chi connectivity index (χ3n) is 5.62. The molecule has 0 bridgehead atoms. The van der Waals surface area contributed by atoms with Crippen LogP contribution in [0, 0.1) is 0 Å². The fourth-order valence-electron chi connectivity index (χ4n) is 3.91. The number of hydrogen-bond acceptors (Lipinski definition) is 5. The van der Waals surface area contributed by atoms with Gasteiger partial charge in [-0.2, -0.15) is 0 Å². The summed E-state index contributed by atoms with van der Waals surface area (Å²) in [7, 11) is 4.16. The van der Waals surface area contributed by atoms with Gasteiger partial charge < -0.3 is 24.7 Å². The first-order valence-electron chi connectivity index (χ1n) is 11.8. The Kier molecular flexibility index (Phi) is 9.91. The largest absolute Gasteiger partial charge is 0.494 e. The van der Waals surface area contributed by atoms with Crippen LogP contribution in [-0.4, -0.2) is 69.2 Å². The lowest BCUT2D eigenvalue weighted by Crippen LogP contribution is -2.42. The van der Waals surface area contributed by atoms with Crippen LogP contribution in [0.15, 0.2) is 52.1 Å². The van der Waals surface area contributed by atoms with Gasteiger partial charge in [-0.15, -0.1) is 0 Å². The van der Waals surface area contributed by atoms with Crippen LogP contribution in [0.2, 0.25) is 0 Å². The van der Waals surface area contributed by atoms with Gasteiger partial charge in [0.05, 0.1) is 25.5 Å². The molecule has 2 aromatic rings. The van der Waals surface area contributed by atoms with Gasteiger partial charge in [0.2, 0.25) is 0 Å². The van der Waals surface area contributed by atoms with Crippen molar-refractivity contribution in [2.75, 3.05) is 53.4 Å². The molecule has 2 heterocycles. The standard InChI is InChI=1S/C25H39N5O2/c1-4-26-25(28-20-23(24-9-7-17-32-24)30-15-5-6-16-30)27-19-21-10-12-22(13-11-21)31-18-8-14-29(2)3/h7,9-13,17,23H,4-6,8,14-16,18-20H2,1-3H3,(H2,26,27,28). The van der Waals surface area contributed by atoms with E-state index in [0.717, 1.165) is 68.8 Å². The summed E-state index contributed by atoms with van der Waals surface area (Å²) in [5, 5.41) is 6.88. The highest BCUT2D eigenvalue weighted by molar-refractivity contribution is 5.79. The van der Waals surface area contributed by atoms with Crippen LogP contribution in [0.1, 0.15) is 43.6 Å². The lowest BCUT2D eigenvalue weighted by atomic mass is 10.2. The molecule has 1 atom stereocenters. The maximum Gasteiger partial charge on any atom is 0.191 e. The molecule has 1 aromatic carbocycles. The third kappa shape index (κ3) is 7.88. The zero-order chi connectivity index (χ0) is 22.6. The normalized spacial score (nSPS) is 15.8. The molecule has 1 aliphatic rings. The number of rotatable bonds is 12. The molecule has 0 spiro atoms. The molecule has 1 aromatic heterocycles. The van der Waals surface area contributed by atoms with Crippen LogP contribution in [-0.2, 0) is 6.54 Å². The number of ether oxygens (including phenoxy) is 1. The first kappa shape index (κ1) is 24.1. The quantitative estimate of drug-likeness (QED) is 0.299. The minimum atomic E-state index is 0.222. The molecule has 7 heteroatoms. The molecular weight excluding hydrogens is 402 g/mol. The molecular formula is C25H39N5O2. The first-order chi connectivity index (χ1) is 15.7. The molecule has 0 aliphatic carbocycles. The third-order valence-corrected chi connectivity index (χ3v) is 5.62. The second-order valence-electron chi connectivity index (χ2n) is 8.50. The Balaban J connectivity index is 1.52. The van der Waals surface area contributed by atoms with E-state index in [0.29, 0.717) is 6.54 Å². The summed E-state index contributed by atoms with van der Waals surface area (Å²) in [5.41, 5.74) is 1.16. The molecule has 2 N–H and O–H groups in total. The predicted molar refractivity (Wildman–Crippen MR) is 130 cm³/mol. The van der Waals surface area contributed by atoms with Gasteiger partial charge in [-0.3, -0.25) is 4.90 Å². The van der Waals surface area contributed by atoms with Crippen molar-refractivity contribution < 1.29 is 9.15 Å². The summed E-state index contributed by atoms with van der Waals surface area (Å²) < 4.78 is 11.6. The molecule has 0 amide bonds. The average molecular weight is 442 g/mol. The molecule has 1 saturated heterocycles. The molecule has 0 radical (unpaired) electrons. The molecule has 0 saturated carbocycles. The summed E-state index contributed by atoms with van der Waals surface area (Å²) in [5.74, 6) is 2.75. The Morgan fingerprint density at radius 1 is 1.16 bits per heavy atom. The van der Waals surface area contributed by atoms with E-state index in [9.17, 15) is 0 Å². The van der Waals surface area contributed by atoms with Gasteiger partial charge in [0.1, 0.15) is 11.5 Å². The highest BCUT2D eigenvalue weighted by Crippen LogP contribution is 2.24. The molecule has 1 fully saturated rings. The molecule has 176 valence electrons. The number of nitrogens with zero attached hydrogens (tertiary/aromatic N) is 3. The van der Waals surface area contributed by atoms with Crippen molar-refractivity contribution in [3.63, 3.8) is 0 Å². The van der Waals surface area contributed by atoms with Gasteiger partial charge in [-0.1, -0.05) is 12.1 Å². The van der Waals surface area contributed by atoms with Crippen molar-refractivity contribution in [1.82, 2.24) is 20.4 Å². The van der Waals surface area contributed by atoms with Gasteiger partial charge in [0.15, 0.2) is 5.96 Å². The lowest BCUT2D eigenvalue weighted by molar-refractivity contribution is 0.215. The zero-order valence-corrected chi connectivity index (χ0v) is 19.8. The number of hydrogen-bond donors (Lipinski definition) is 2. The Hall–Kier alpha value is -2.51. The Labute approximate surface area is 192 Å². The number of aliphatic imine (C=N–C) groups is 1. The molecule has 1 unspecified atom stereocenters. The Morgan fingerprint density at radius 2 is 1.94 bits per heavy atom. The topological polar surface area (TPSA) is 65.3 Å². The fraction of sp³-hybridized carbons (Fsp3) is 0.560. The number of likely N-dealkylation sites (tertiary alicyclic amines) is 1. The van der Waals surface area contributed by atoms with E-state index >= 15 is 0 Å².